The molecule has 1 heterocycles. The predicted octanol–water partition coefficient (Wildman–Crippen LogP) is 1.88. The molecule has 1 fully saturated rings. The minimum atomic E-state index is 0.0155. The van der Waals surface area contributed by atoms with Crippen LogP contribution in [0.4, 0.5) is 0 Å². The van der Waals surface area contributed by atoms with Gasteiger partial charge in [-0.3, -0.25) is 0 Å². The van der Waals surface area contributed by atoms with Gasteiger partial charge in [0.05, 0.1) is 17.3 Å². The van der Waals surface area contributed by atoms with Gasteiger partial charge in [-0.15, -0.1) is 11.3 Å². The molecule has 1 aromatic rings. The number of aliphatic hydroxyl groups excluding tert-OH is 1. The van der Waals surface area contributed by atoms with Crippen molar-refractivity contribution in [3.63, 3.8) is 0 Å². The van der Waals surface area contributed by atoms with E-state index in [9.17, 15) is 0 Å². The highest BCUT2D eigenvalue weighted by Gasteiger charge is 2.41. The van der Waals surface area contributed by atoms with Crippen LogP contribution in [0.1, 0.15) is 43.3 Å². The molecule has 2 rings (SSSR count). The summed E-state index contributed by atoms with van der Waals surface area (Å²) in [6, 6.07) is 0. The summed E-state index contributed by atoms with van der Waals surface area (Å²) in [5, 5.41) is 15.8. The van der Waals surface area contributed by atoms with Crippen LogP contribution in [0.5, 0.6) is 0 Å². The van der Waals surface area contributed by atoms with E-state index in [1.807, 2.05) is 0 Å². The molecule has 0 aliphatic heterocycles. The molecule has 0 bridgehead atoms. The molecule has 1 aliphatic rings. The van der Waals surface area contributed by atoms with E-state index in [1.165, 1.54) is 5.01 Å². The molecule has 0 atom stereocenters. The Labute approximate surface area is 94.5 Å². The number of nitrogens with zero attached hydrogens (tertiary/aromatic N) is 1. The van der Waals surface area contributed by atoms with Crippen LogP contribution in [0, 0.1) is 0 Å². The van der Waals surface area contributed by atoms with Gasteiger partial charge >= 0.3 is 0 Å². The zero-order valence-electron chi connectivity index (χ0n) is 9.29. The Morgan fingerprint density at radius 2 is 2.33 bits per heavy atom. The van der Waals surface area contributed by atoms with Crippen LogP contribution in [-0.4, -0.2) is 22.2 Å². The lowest BCUT2D eigenvalue weighted by molar-refractivity contribution is 0.229. The van der Waals surface area contributed by atoms with Gasteiger partial charge in [0.25, 0.3) is 0 Å². The van der Waals surface area contributed by atoms with Crippen LogP contribution >= 0.6 is 11.3 Å². The summed E-state index contributed by atoms with van der Waals surface area (Å²) in [4.78, 5) is 4.55. The van der Waals surface area contributed by atoms with Crippen LogP contribution < -0.4 is 5.32 Å². The number of aromatic nitrogens is 1. The zero-order valence-corrected chi connectivity index (χ0v) is 10.1. The Hall–Kier alpha value is -0.450. The second kappa shape index (κ2) is 4.20. The highest BCUT2D eigenvalue weighted by molar-refractivity contribution is 7.09. The Bertz CT molecular complexity index is 331. The average Bonchev–Trinajstić information content (AvgIpc) is 2.85. The third-order valence-corrected chi connectivity index (χ3v) is 4.06. The summed E-state index contributed by atoms with van der Waals surface area (Å²) < 4.78 is 0. The molecule has 1 aliphatic carbocycles. The smallest absolute Gasteiger partial charge is 0.0954 e. The fraction of sp³-hybridized carbons (Fsp3) is 0.727. The van der Waals surface area contributed by atoms with Gasteiger partial charge in [-0.2, -0.15) is 0 Å². The molecule has 84 valence electrons. The molecule has 2 N–H and O–H groups in total. The SMILES string of the molecule is CC(C)c1nc(CNC2(CO)CC2)cs1. The van der Waals surface area contributed by atoms with Crippen molar-refractivity contribution in [2.75, 3.05) is 6.61 Å². The number of hydrogen-bond donors (Lipinski definition) is 2. The Morgan fingerprint density at radius 1 is 1.60 bits per heavy atom. The first kappa shape index (κ1) is 11.0. The highest BCUT2D eigenvalue weighted by atomic mass is 32.1. The molecule has 3 nitrogen and oxygen atoms in total. The second-order valence-corrected chi connectivity index (χ2v) is 5.51. The van der Waals surface area contributed by atoms with Crippen molar-refractivity contribution in [2.24, 2.45) is 0 Å². The Kier molecular flexibility index (Phi) is 3.09. The van der Waals surface area contributed by atoms with E-state index >= 15 is 0 Å². The zero-order chi connectivity index (χ0) is 10.9. The molecule has 0 unspecified atom stereocenters. The minimum Gasteiger partial charge on any atom is -0.394 e. The van der Waals surface area contributed by atoms with Gasteiger partial charge in [-0.05, 0) is 12.8 Å². The molecule has 15 heavy (non-hydrogen) atoms. The molecular weight excluding hydrogens is 208 g/mol. The minimum absolute atomic E-state index is 0.0155. The molecule has 0 aromatic carbocycles. The van der Waals surface area contributed by atoms with E-state index in [2.05, 4.69) is 29.5 Å². The van der Waals surface area contributed by atoms with Gasteiger partial charge in [0.15, 0.2) is 0 Å². The molecule has 4 heteroatoms. The monoisotopic (exact) mass is 226 g/mol. The quantitative estimate of drug-likeness (QED) is 0.806. The van der Waals surface area contributed by atoms with Gasteiger partial charge in [0, 0.05) is 23.4 Å². The number of nitrogens with one attached hydrogen (secondary N) is 1. The molecule has 1 saturated carbocycles. The van der Waals surface area contributed by atoms with E-state index in [4.69, 9.17) is 5.11 Å². The topological polar surface area (TPSA) is 45.2 Å². The summed E-state index contributed by atoms with van der Waals surface area (Å²) >= 11 is 1.72. The van der Waals surface area contributed by atoms with Crippen molar-refractivity contribution >= 4 is 11.3 Å². The molecule has 0 spiro atoms. The van der Waals surface area contributed by atoms with E-state index < -0.39 is 0 Å². The fourth-order valence-electron chi connectivity index (χ4n) is 1.49. The lowest BCUT2D eigenvalue weighted by atomic mass is 10.2. The maximum atomic E-state index is 9.15. The van der Waals surface area contributed by atoms with Gasteiger partial charge in [-0.1, -0.05) is 13.8 Å². The number of hydrogen-bond acceptors (Lipinski definition) is 4. The second-order valence-electron chi connectivity index (χ2n) is 4.62. The lowest BCUT2D eigenvalue weighted by Gasteiger charge is -2.12. The number of thiazole rings is 1. The fourth-order valence-corrected chi connectivity index (χ4v) is 2.32. The first-order valence-corrected chi connectivity index (χ1v) is 6.33. The average molecular weight is 226 g/mol. The summed E-state index contributed by atoms with van der Waals surface area (Å²) in [7, 11) is 0. The van der Waals surface area contributed by atoms with Crippen molar-refractivity contribution in [1.82, 2.24) is 10.3 Å². The van der Waals surface area contributed by atoms with Gasteiger partial charge < -0.3 is 10.4 Å². The highest BCUT2D eigenvalue weighted by Crippen LogP contribution is 2.34. The maximum absolute atomic E-state index is 9.15. The largest absolute Gasteiger partial charge is 0.394 e. The van der Waals surface area contributed by atoms with E-state index in [-0.39, 0.29) is 12.1 Å². The van der Waals surface area contributed by atoms with Crippen LogP contribution in [0.15, 0.2) is 5.38 Å². The normalized spacial score (nSPS) is 18.4. The molecule has 0 saturated heterocycles. The molecular formula is C11H18N2OS. The number of rotatable bonds is 5. The van der Waals surface area contributed by atoms with Gasteiger partial charge in [-0.25, -0.2) is 4.98 Å². The van der Waals surface area contributed by atoms with Crippen molar-refractivity contribution in [3.05, 3.63) is 16.1 Å². The Balaban J connectivity index is 1.88. The van der Waals surface area contributed by atoms with Gasteiger partial charge in [0.2, 0.25) is 0 Å². The molecule has 0 amide bonds. The van der Waals surface area contributed by atoms with Crippen LogP contribution in [-0.2, 0) is 6.54 Å². The summed E-state index contributed by atoms with van der Waals surface area (Å²) in [5.41, 5.74) is 1.12. The van der Waals surface area contributed by atoms with E-state index in [0.717, 1.165) is 25.1 Å². The molecule has 1 aromatic heterocycles. The Morgan fingerprint density at radius 3 is 2.80 bits per heavy atom. The maximum Gasteiger partial charge on any atom is 0.0954 e. The van der Waals surface area contributed by atoms with Crippen LogP contribution in [0.3, 0.4) is 0 Å². The summed E-state index contributed by atoms with van der Waals surface area (Å²) in [5.74, 6) is 0.511. The van der Waals surface area contributed by atoms with Gasteiger partial charge in [0.1, 0.15) is 0 Å². The summed E-state index contributed by atoms with van der Waals surface area (Å²) in [6.45, 7) is 5.34. The summed E-state index contributed by atoms with van der Waals surface area (Å²) in [6.07, 6.45) is 2.18. The third kappa shape index (κ3) is 2.56. The van der Waals surface area contributed by atoms with Crippen molar-refractivity contribution in [3.8, 4) is 0 Å². The first-order chi connectivity index (χ1) is 7.15. The standard InChI is InChI=1S/C11H18N2OS/c1-8(2)10-13-9(6-15-10)5-12-11(7-14)3-4-11/h6,8,12,14H,3-5,7H2,1-2H3. The molecule has 0 radical (unpaired) electrons. The first-order valence-electron chi connectivity index (χ1n) is 5.45. The van der Waals surface area contributed by atoms with Crippen LogP contribution in [0.25, 0.3) is 0 Å². The van der Waals surface area contributed by atoms with E-state index in [0.29, 0.717) is 5.92 Å². The number of aliphatic hydroxyl groups is 1. The van der Waals surface area contributed by atoms with Crippen molar-refractivity contribution < 1.29 is 5.11 Å². The van der Waals surface area contributed by atoms with Crippen LogP contribution in [0.2, 0.25) is 0 Å². The van der Waals surface area contributed by atoms with Crippen molar-refractivity contribution in [2.45, 2.75) is 44.7 Å². The predicted molar refractivity (Wildman–Crippen MR) is 62.1 cm³/mol. The van der Waals surface area contributed by atoms with E-state index in [1.54, 1.807) is 11.3 Å². The third-order valence-electron chi connectivity index (χ3n) is 2.86. The lowest BCUT2D eigenvalue weighted by Crippen LogP contribution is -2.34. The van der Waals surface area contributed by atoms with Crippen molar-refractivity contribution in [1.29, 1.82) is 0 Å².